The number of hydrogen-bond acceptors (Lipinski definition) is 2. The summed E-state index contributed by atoms with van der Waals surface area (Å²) in [5.41, 5.74) is 0.838. The minimum atomic E-state index is 0.518. The molecule has 0 aromatic heterocycles. The molecular formula is C19H21N3O. The maximum absolute atomic E-state index is 5.98. The van der Waals surface area contributed by atoms with Crippen LogP contribution in [0.2, 0.25) is 0 Å². The van der Waals surface area contributed by atoms with Crippen LogP contribution in [0.3, 0.4) is 0 Å². The second-order valence-electron chi connectivity index (χ2n) is 6.13. The van der Waals surface area contributed by atoms with Gasteiger partial charge in [-0.15, -0.1) is 0 Å². The Balaban J connectivity index is 1.56. The van der Waals surface area contributed by atoms with E-state index in [0.29, 0.717) is 12.1 Å². The number of guanidine groups is 1. The highest BCUT2D eigenvalue weighted by molar-refractivity contribution is 5.86. The van der Waals surface area contributed by atoms with Crippen LogP contribution in [0.1, 0.15) is 25.7 Å². The van der Waals surface area contributed by atoms with Crippen molar-refractivity contribution in [1.82, 2.24) is 10.6 Å². The molecule has 2 fully saturated rings. The molecule has 1 aliphatic heterocycles. The highest BCUT2D eigenvalue weighted by Crippen LogP contribution is 2.32. The van der Waals surface area contributed by atoms with Gasteiger partial charge in [-0.2, -0.15) is 0 Å². The number of rotatable bonds is 3. The zero-order chi connectivity index (χ0) is 15.5. The standard InChI is InChI=1S/C19H21N3O/c1-2-8-14(9-3-1)23-18-13-7-6-12-17(18)22-19-20-15-10-4-5-11-16(15)21-19/h1-3,6-9,12-13,15-16H,4-5,10-11H2,(H2,20,21,22). The molecule has 0 spiro atoms. The molecule has 118 valence electrons. The van der Waals surface area contributed by atoms with Crippen LogP contribution in [0.15, 0.2) is 59.6 Å². The summed E-state index contributed by atoms with van der Waals surface area (Å²) in [6, 6.07) is 18.7. The highest BCUT2D eigenvalue weighted by Gasteiger charge is 2.32. The van der Waals surface area contributed by atoms with Gasteiger partial charge in [0.1, 0.15) is 11.4 Å². The van der Waals surface area contributed by atoms with Crippen molar-refractivity contribution in [2.45, 2.75) is 37.8 Å². The molecule has 1 saturated heterocycles. The Morgan fingerprint density at radius 2 is 1.48 bits per heavy atom. The van der Waals surface area contributed by atoms with E-state index in [1.54, 1.807) is 0 Å². The molecule has 2 aromatic rings. The van der Waals surface area contributed by atoms with Crippen LogP contribution in [0.4, 0.5) is 5.69 Å². The first-order valence-electron chi connectivity index (χ1n) is 8.32. The molecule has 1 aliphatic carbocycles. The number of fused-ring (bicyclic) bond motifs is 1. The van der Waals surface area contributed by atoms with Crippen LogP contribution in [0, 0.1) is 0 Å². The van der Waals surface area contributed by atoms with E-state index in [9.17, 15) is 0 Å². The van der Waals surface area contributed by atoms with Gasteiger partial charge in [0.2, 0.25) is 0 Å². The lowest BCUT2D eigenvalue weighted by molar-refractivity contribution is 0.374. The fraction of sp³-hybridized carbons (Fsp3) is 0.316. The average Bonchev–Trinajstić information content (AvgIpc) is 3.00. The van der Waals surface area contributed by atoms with Crippen molar-refractivity contribution < 1.29 is 4.74 Å². The molecular weight excluding hydrogens is 286 g/mol. The van der Waals surface area contributed by atoms with Gasteiger partial charge in [-0.3, -0.25) is 0 Å². The number of aliphatic imine (C=N–C) groups is 1. The van der Waals surface area contributed by atoms with Gasteiger partial charge in [0, 0.05) is 12.1 Å². The normalized spacial score (nSPS) is 22.7. The molecule has 0 amide bonds. The summed E-state index contributed by atoms with van der Waals surface area (Å²) in [5.74, 6) is 2.46. The van der Waals surface area contributed by atoms with Gasteiger partial charge in [0.25, 0.3) is 0 Å². The van der Waals surface area contributed by atoms with E-state index in [1.165, 1.54) is 25.7 Å². The van der Waals surface area contributed by atoms with E-state index in [-0.39, 0.29) is 0 Å². The summed E-state index contributed by atoms with van der Waals surface area (Å²) in [4.78, 5) is 4.75. The molecule has 1 saturated carbocycles. The second-order valence-corrected chi connectivity index (χ2v) is 6.13. The molecule has 4 rings (SSSR count). The fourth-order valence-corrected chi connectivity index (χ4v) is 3.31. The van der Waals surface area contributed by atoms with Crippen LogP contribution in [0.25, 0.3) is 0 Å². The summed E-state index contributed by atoms with van der Waals surface area (Å²) >= 11 is 0. The molecule has 4 heteroatoms. The molecule has 1 heterocycles. The lowest BCUT2D eigenvalue weighted by Crippen LogP contribution is -2.36. The lowest BCUT2D eigenvalue weighted by Gasteiger charge is -2.23. The molecule has 2 unspecified atom stereocenters. The Bertz CT molecular complexity index is 683. The van der Waals surface area contributed by atoms with Gasteiger partial charge in [0.05, 0.1) is 0 Å². The monoisotopic (exact) mass is 307 g/mol. The summed E-state index contributed by atoms with van der Waals surface area (Å²) in [7, 11) is 0. The molecule has 2 aliphatic rings. The van der Waals surface area contributed by atoms with Gasteiger partial charge in [-0.1, -0.05) is 43.2 Å². The average molecular weight is 307 g/mol. The SMILES string of the molecule is c1ccc(Oc2ccccc2N=C2NC3CCCCC3N2)cc1. The lowest BCUT2D eigenvalue weighted by atomic mass is 9.92. The summed E-state index contributed by atoms with van der Waals surface area (Å²) in [6.07, 6.45) is 5.05. The first-order valence-corrected chi connectivity index (χ1v) is 8.32. The summed E-state index contributed by atoms with van der Waals surface area (Å²) < 4.78 is 5.98. The molecule has 2 atom stereocenters. The van der Waals surface area contributed by atoms with E-state index in [0.717, 1.165) is 23.1 Å². The summed E-state index contributed by atoms with van der Waals surface area (Å²) in [5, 5.41) is 7.03. The molecule has 0 radical (unpaired) electrons. The van der Waals surface area contributed by atoms with Crippen molar-refractivity contribution >= 4 is 11.6 Å². The Hall–Kier alpha value is -2.49. The molecule has 23 heavy (non-hydrogen) atoms. The van der Waals surface area contributed by atoms with E-state index in [4.69, 9.17) is 9.73 Å². The van der Waals surface area contributed by atoms with Crippen LogP contribution in [-0.4, -0.2) is 18.0 Å². The van der Waals surface area contributed by atoms with E-state index in [1.807, 2.05) is 54.6 Å². The second kappa shape index (κ2) is 6.32. The predicted molar refractivity (Wildman–Crippen MR) is 92.4 cm³/mol. The molecule has 0 bridgehead atoms. The number of nitrogens with zero attached hydrogens (tertiary/aromatic N) is 1. The Morgan fingerprint density at radius 1 is 0.826 bits per heavy atom. The first-order chi connectivity index (χ1) is 11.4. The van der Waals surface area contributed by atoms with Crippen molar-refractivity contribution in [3.05, 3.63) is 54.6 Å². The largest absolute Gasteiger partial charge is 0.455 e. The third-order valence-electron chi connectivity index (χ3n) is 4.48. The van der Waals surface area contributed by atoms with Crippen LogP contribution < -0.4 is 15.4 Å². The smallest absolute Gasteiger partial charge is 0.197 e. The summed E-state index contributed by atoms with van der Waals surface area (Å²) in [6.45, 7) is 0. The van der Waals surface area contributed by atoms with Gasteiger partial charge in [-0.25, -0.2) is 4.99 Å². The van der Waals surface area contributed by atoms with Crippen molar-refractivity contribution in [3.8, 4) is 11.5 Å². The maximum atomic E-state index is 5.98. The number of hydrogen-bond donors (Lipinski definition) is 2. The fourth-order valence-electron chi connectivity index (χ4n) is 3.31. The van der Waals surface area contributed by atoms with Gasteiger partial charge in [-0.05, 0) is 37.1 Å². The zero-order valence-corrected chi connectivity index (χ0v) is 13.0. The van der Waals surface area contributed by atoms with Gasteiger partial charge < -0.3 is 15.4 Å². The minimum Gasteiger partial charge on any atom is -0.455 e. The topological polar surface area (TPSA) is 45.6 Å². The Morgan fingerprint density at radius 3 is 2.22 bits per heavy atom. The zero-order valence-electron chi connectivity index (χ0n) is 13.0. The van der Waals surface area contributed by atoms with E-state index < -0.39 is 0 Å². The van der Waals surface area contributed by atoms with Crippen LogP contribution in [-0.2, 0) is 0 Å². The Kier molecular flexibility index (Phi) is 3.88. The van der Waals surface area contributed by atoms with Gasteiger partial charge >= 0.3 is 0 Å². The number of para-hydroxylation sites is 3. The van der Waals surface area contributed by atoms with Crippen LogP contribution in [0.5, 0.6) is 11.5 Å². The Labute approximate surface area is 136 Å². The highest BCUT2D eigenvalue weighted by atomic mass is 16.5. The molecule has 4 nitrogen and oxygen atoms in total. The number of nitrogens with one attached hydrogen (secondary N) is 2. The van der Waals surface area contributed by atoms with Crippen LogP contribution >= 0.6 is 0 Å². The first kappa shape index (κ1) is 14.1. The quantitative estimate of drug-likeness (QED) is 0.902. The van der Waals surface area contributed by atoms with Gasteiger partial charge in [0.15, 0.2) is 11.7 Å². The van der Waals surface area contributed by atoms with Crippen molar-refractivity contribution in [3.63, 3.8) is 0 Å². The number of benzene rings is 2. The molecule has 2 aromatic carbocycles. The van der Waals surface area contributed by atoms with Crippen molar-refractivity contribution in [1.29, 1.82) is 0 Å². The maximum Gasteiger partial charge on any atom is 0.197 e. The van der Waals surface area contributed by atoms with E-state index in [2.05, 4.69) is 10.6 Å². The number of ether oxygens (including phenoxy) is 1. The minimum absolute atomic E-state index is 0.518. The third-order valence-corrected chi connectivity index (χ3v) is 4.48. The van der Waals surface area contributed by atoms with E-state index >= 15 is 0 Å². The third kappa shape index (κ3) is 3.16. The van der Waals surface area contributed by atoms with Crippen molar-refractivity contribution in [2.24, 2.45) is 4.99 Å². The molecule has 2 N–H and O–H groups in total. The van der Waals surface area contributed by atoms with Crippen molar-refractivity contribution in [2.75, 3.05) is 0 Å². The predicted octanol–water partition coefficient (Wildman–Crippen LogP) is 3.97.